The molecule has 0 amide bonds. The Morgan fingerprint density at radius 1 is 1.05 bits per heavy atom. The molecule has 0 radical (unpaired) electrons. The normalized spacial score (nSPS) is 10.8. The molecule has 0 saturated heterocycles. The number of phenolic OH excluding ortho intramolecular Hbond substituents is 1. The molecule has 1 N–H and O–H groups in total. The van der Waals surface area contributed by atoms with Gasteiger partial charge in [0.05, 0.1) is 0 Å². The van der Waals surface area contributed by atoms with Crippen LogP contribution in [0.3, 0.4) is 0 Å². The van der Waals surface area contributed by atoms with Crippen LogP contribution in [0.15, 0.2) is 48.5 Å². The van der Waals surface area contributed by atoms with Gasteiger partial charge in [0.15, 0.2) is 0 Å². The third-order valence-corrected chi connectivity index (χ3v) is 4.09. The molecule has 0 saturated carbocycles. The minimum absolute atomic E-state index is 0.287. The van der Waals surface area contributed by atoms with Gasteiger partial charge in [0, 0.05) is 14.6 Å². The standard InChI is InChI=1S/C15H11ClO2S/c16-11-1-4-13(5-2-11)18-9-14-8-10-7-12(17)3-6-15(10)19-14/h1-8,17H,9H2. The maximum absolute atomic E-state index is 9.43. The van der Waals surface area contributed by atoms with E-state index in [1.54, 1.807) is 35.6 Å². The van der Waals surface area contributed by atoms with Crippen molar-refractivity contribution in [2.24, 2.45) is 0 Å². The first-order valence-corrected chi connectivity index (χ1v) is 7.00. The second-order valence-electron chi connectivity index (χ2n) is 4.18. The van der Waals surface area contributed by atoms with Crippen molar-refractivity contribution in [3.05, 3.63) is 58.4 Å². The molecule has 0 aliphatic carbocycles. The number of aromatic hydroxyl groups is 1. The molecule has 1 heterocycles. The van der Waals surface area contributed by atoms with Gasteiger partial charge in [-0.1, -0.05) is 11.6 Å². The summed E-state index contributed by atoms with van der Waals surface area (Å²) < 4.78 is 6.84. The smallest absolute Gasteiger partial charge is 0.122 e. The summed E-state index contributed by atoms with van der Waals surface area (Å²) in [6.45, 7) is 0.516. The van der Waals surface area contributed by atoms with E-state index < -0.39 is 0 Å². The van der Waals surface area contributed by atoms with E-state index in [-0.39, 0.29) is 5.75 Å². The lowest BCUT2D eigenvalue weighted by molar-refractivity contribution is 0.310. The molecule has 96 valence electrons. The molecule has 0 unspecified atom stereocenters. The van der Waals surface area contributed by atoms with E-state index in [1.165, 1.54) is 0 Å². The van der Waals surface area contributed by atoms with Gasteiger partial charge in [-0.15, -0.1) is 11.3 Å². The molecule has 3 aromatic rings. The predicted molar refractivity (Wildman–Crippen MR) is 79.3 cm³/mol. The number of thiophene rings is 1. The molecule has 4 heteroatoms. The first kappa shape index (κ1) is 12.3. The second-order valence-corrected chi connectivity index (χ2v) is 5.78. The van der Waals surface area contributed by atoms with Crippen molar-refractivity contribution in [2.75, 3.05) is 0 Å². The Bertz CT molecular complexity index is 704. The van der Waals surface area contributed by atoms with Gasteiger partial charge < -0.3 is 9.84 Å². The fourth-order valence-corrected chi connectivity index (χ4v) is 2.93. The van der Waals surface area contributed by atoms with Crippen molar-refractivity contribution in [2.45, 2.75) is 6.61 Å². The first-order valence-electron chi connectivity index (χ1n) is 5.80. The topological polar surface area (TPSA) is 29.5 Å². The largest absolute Gasteiger partial charge is 0.508 e. The number of hydrogen-bond acceptors (Lipinski definition) is 3. The first-order chi connectivity index (χ1) is 9.20. The Hall–Kier alpha value is -1.71. The maximum Gasteiger partial charge on any atom is 0.122 e. The van der Waals surface area contributed by atoms with Crippen molar-refractivity contribution in [3.63, 3.8) is 0 Å². The summed E-state index contributed by atoms with van der Waals surface area (Å²) in [7, 11) is 0. The SMILES string of the molecule is Oc1ccc2sc(COc3ccc(Cl)cc3)cc2c1. The Morgan fingerprint density at radius 2 is 1.84 bits per heavy atom. The van der Waals surface area contributed by atoms with Gasteiger partial charge in [0.25, 0.3) is 0 Å². The zero-order valence-electron chi connectivity index (χ0n) is 9.97. The summed E-state index contributed by atoms with van der Waals surface area (Å²) in [6, 6.07) is 14.7. The van der Waals surface area contributed by atoms with Gasteiger partial charge in [-0.25, -0.2) is 0 Å². The fraction of sp³-hybridized carbons (Fsp3) is 0.0667. The van der Waals surface area contributed by atoms with Crippen LogP contribution >= 0.6 is 22.9 Å². The maximum atomic E-state index is 9.43. The van der Waals surface area contributed by atoms with Crippen molar-refractivity contribution < 1.29 is 9.84 Å². The predicted octanol–water partition coefficient (Wildman–Crippen LogP) is 4.84. The number of rotatable bonds is 3. The average molecular weight is 291 g/mol. The lowest BCUT2D eigenvalue weighted by Gasteiger charge is -2.03. The molecule has 1 aromatic heterocycles. The number of hydrogen-bond donors (Lipinski definition) is 1. The molecule has 19 heavy (non-hydrogen) atoms. The molecule has 0 atom stereocenters. The van der Waals surface area contributed by atoms with Crippen molar-refractivity contribution >= 4 is 33.0 Å². The number of benzene rings is 2. The van der Waals surface area contributed by atoms with Gasteiger partial charge in [0.1, 0.15) is 18.1 Å². The summed E-state index contributed by atoms with van der Waals surface area (Å²) >= 11 is 7.49. The molecular formula is C15H11ClO2S. The van der Waals surface area contributed by atoms with Crippen LogP contribution in [0.1, 0.15) is 4.88 Å². The lowest BCUT2D eigenvalue weighted by Crippen LogP contribution is -1.91. The highest BCUT2D eigenvalue weighted by Gasteiger charge is 2.03. The highest BCUT2D eigenvalue weighted by atomic mass is 35.5. The molecule has 0 aliphatic heterocycles. The van der Waals surface area contributed by atoms with E-state index in [0.29, 0.717) is 11.6 Å². The molecule has 3 rings (SSSR count). The summed E-state index contributed by atoms with van der Waals surface area (Å²) in [6.07, 6.45) is 0. The Morgan fingerprint density at radius 3 is 2.63 bits per heavy atom. The van der Waals surface area contributed by atoms with Gasteiger partial charge >= 0.3 is 0 Å². The third-order valence-electron chi connectivity index (χ3n) is 2.75. The fourth-order valence-electron chi connectivity index (χ4n) is 1.84. The number of ether oxygens (including phenoxy) is 1. The molecule has 0 fully saturated rings. The van der Waals surface area contributed by atoms with Crippen LogP contribution in [-0.2, 0) is 6.61 Å². The zero-order chi connectivity index (χ0) is 13.2. The molecule has 0 bridgehead atoms. The van der Waals surface area contributed by atoms with E-state index in [0.717, 1.165) is 20.7 Å². The molecule has 0 spiro atoms. The van der Waals surface area contributed by atoms with Gasteiger partial charge in [-0.05, 0) is 53.9 Å². The van der Waals surface area contributed by atoms with E-state index in [9.17, 15) is 5.11 Å². The van der Waals surface area contributed by atoms with E-state index >= 15 is 0 Å². The van der Waals surface area contributed by atoms with Crippen LogP contribution in [0.4, 0.5) is 0 Å². The molecular weight excluding hydrogens is 280 g/mol. The Balaban J connectivity index is 1.76. The summed E-state index contributed by atoms with van der Waals surface area (Å²) in [5.74, 6) is 1.08. The molecule has 2 aromatic carbocycles. The Labute approximate surface area is 119 Å². The van der Waals surface area contributed by atoms with E-state index in [2.05, 4.69) is 0 Å². The van der Waals surface area contributed by atoms with Crippen LogP contribution < -0.4 is 4.74 Å². The zero-order valence-corrected chi connectivity index (χ0v) is 11.5. The van der Waals surface area contributed by atoms with E-state index in [1.807, 2.05) is 24.3 Å². The minimum Gasteiger partial charge on any atom is -0.508 e. The van der Waals surface area contributed by atoms with Gasteiger partial charge in [0.2, 0.25) is 0 Å². The minimum atomic E-state index is 0.287. The number of fused-ring (bicyclic) bond motifs is 1. The summed E-state index contributed by atoms with van der Waals surface area (Å²) in [5.41, 5.74) is 0. The second kappa shape index (κ2) is 5.11. The number of phenols is 1. The van der Waals surface area contributed by atoms with Crippen molar-refractivity contribution in [1.82, 2.24) is 0 Å². The van der Waals surface area contributed by atoms with Crippen LogP contribution in [0, 0.1) is 0 Å². The highest BCUT2D eigenvalue weighted by Crippen LogP contribution is 2.29. The van der Waals surface area contributed by atoms with Crippen molar-refractivity contribution in [1.29, 1.82) is 0 Å². The summed E-state index contributed by atoms with van der Waals surface area (Å²) in [4.78, 5) is 1.12. The quantitative estimate of drug-likeness (QED) is 0.748. The van der Waals surface area contributed by atoms with E-state index in [4.69, 9.17) is 16.3 Å². The highest BCUT2D eigenvalue weighted by molar-refractivity contribution is 7.19. The van der Waals surface area contributed by atoms with Gasteiger partial charge in [-0.2, -0.15) is 0 Å². The van der Waals surface area contributed by atoms with Crippen molar-refractivity contribution in [3.8, 4) is 11.5 Å². The van der Waals surface area contributed by atoms with Crippen LogP contribution in [-0.4, -0.2) is 5.11 Å². The van der Waals surface area contributed by atoms with Gasteiger partial charge in [-0.3, -0.25) is 0 Å². The Kier molecular flexibility index (Phi) is 3.32. The molecule has 2 nitrogen and oxygen atoms in total. The lowest BCUT2D eigenvalue weighted by atomic mass is 10.2. The van der Waals surface area contributed by atoms with Crippen LogP contribution in [0.5, 0.6) is 11.5 Å². The monoisotopic (exact) mass is 290 g/mol. The van der Waals surface area contributed by atoms with Crippen LogP contribution in [0.2, 0.25) is 5.02 Å². The average Bonchev–Trinajstić information content (AvgIpc) is 2.80. The summed E-state index contributed by atoms with van der Waals surface area (Å²) in [5, 5.41) is 11.2. The third kappa shape index (κ3) is 2.83. The molecule has 0 aliphatic rings. The number of halogens is 1. The van der Waals surface area contributed by atoms with Crippen LogP contribution in [0.25, 0.3) is 10.1 Å².